The number of ketones is 2. The number of piperidine rings is 1. The van der Waals surface area contributed by atoms with Crippen LogP contribution in [0.25, 0.3) is 16.5 Å². The van der Waals surface area contributed by atoms with Crippen LogP contribution in [-0.2, 0) is 55.6 Å². The van der Waals surface area contributed by atoms with Crippen molar-refractivity contribution in [2.75, 3.05) is 69.0 Å². The van der Waals surface area contributed by atoms with Gasteiger partial charge in [-0.25, -0.2) is 4.90 Å². The van der Waals surface area contributed by atoms with Gasteiger partial charge in [0.2, 0.25) is 17.7 Å². The second kappa shape index (κ2) is 24.2. The normalized spacial score (nSPS) is 31.5. The number of para-hydroxylation sites is 1. The Morgan fingerprint density at radius 3 is 2.47 bits per heavy atom. The van der Waals surface area contributed by atoms with Crippen LogP contribution in [0.3, 0.4) is 0 Å². The Balaban J connectivity index is 0.961. The summed E-state index contributed by atoms with van der Waals surface area (Å²) in [6, 6.07) is 17.2. The van der Waals surface area contributed by atoms with Crippen LogP contribution in [0, 0.1) is 22.8 Å². The highest BCUT2D eigenvalue weighted by Gasteiger charge is 2.78. The maximum atomic E-state index is 14.4. The van der Waals surface area contributed by atoms with Crippen LogP contribution in [0.1, 0.15) is 127 Å². The van der Waals surface area contributed by atoms with E-state index in [0.29, 0.717) is 106 Å². The second-order valence-electron chi connectivity index (χ2n) is 26.1. The zero-order valence-corrected chi connectivity index (χ0v) is 52.5. The Kier molecular flexibility index (Phi) is 17.3. The third-order valence-electron chi connectivity index (χ3n) is 21.1. The molecule has 7 heterocycles. The number of hydrogen-bond acceptors (Lipinski definition) is 18. The van der Waals surface area contributed by atoms with E-state index in [-0.39, 0.29) is 67.0 Å². The van der Waals surface area contributed by atoms with Crippen LogP contribution in [-0.4, -0.2) is 166 Å². The van der Waals surface area contributed by atoms with Gasteiger partial charge in [-0.15, -0.1) is 11.8 Å². The molecular weight excluding hydrogens is 1140 g/mol. The topological polar surface area (TPSA) is 268 Å². The number of methoxy groups -OCH3 is 1. The molecule has 3 saturated heterocycles. The highest BCUT2D eigenvalue weighted by molar-refractivity contribution is 8.00. The molecule has 1 aliphatic carbocycles. The molecule has 4 aromatic rings. The number of rotatable bonds is 22. The summed E-state index contributed by atoms with van der Waals surface area (Å²) >= 11 is 1.30. The number of nitrogens with zero attached hydrogens (tertiary/aromatic N) is 5. The van der Waals surface area contributed by atoms with Gasteiger partial charge in [0.1, 0.15) is 24.2 Å². The van der Waals surface area contributed by atoms with Gasteiger partial charge < -0.3 is 49.6 Å². The summed E-state index contributed by atoms with van der Waals surface area (Å²) in [5.74, 6) is -1.21. The molecule has 2 bridgehead atoms. The van der Waals surface area contributed by atoms with Gasteiger partial charge in [0.05, 0.1) is 41.1 Å². The van der Waals surface area contributed by atoms with Crippen LogP contribution < -0.4 is 19.9 Å². The lowest BCUT2D eigenvalue weighted by molar-refractivity contribution is -0.197. The van der Waals surface area contributed by atoms with E-state index in [9.17, 15) is 44.1 Å². The van der Waals surface area contributed by atoms with E-state index in [1.54, 1.807) is 52.1 Å². The fourth-order valence-corrected chi connectivity index (χ4v) is 18.3. The Morgan fingerprint density at radius 1 is 1.00 bits per heavy atom. The van der Waals surface area contributed by atoms with Crippen molar-refractivity contribution >= 4 is 75.4 Å². The number of aliphatic hydroxyl groups is 3. The number of allylic oxidation sites excluding steroid dienone is 1. The zero-order valence-electron chi connectivity index (χ0n) is 51.7. The number of fused-ring (bicyclic) bond motifs is 6. The van der Waals surface area contributed by atoms with Crippen molar-refractivity contribution in [3.05, 3.63) is 107 Å². The highest BCUT2D eigenvalue weighted by Crippen LogP contribution is 2.69. The molecule has 20 nitrogen and oxygen atoms in total. The number of aromatic nitrogens is 1. The molecule has 11 rings (SSSR count). The van der Waals surface area contributed by atoms with Crippen molar-refractivity contribution in [3.63, 3.8) is 0 Å². The number of benzene rings is 3. The summed E-state index contributed by atoms with van der Waals surface area (Å²) < 4.78 is 12.7. The molecule has 21 heteroatoms. The molecule has 3 aromatic carbocycles. The van der Waals surface area contributed by atoms with E-state index >= 15 is 0 Å². The predicted octanol–water partition coefficient (Wildman–Crippen LogP) is 7.48. The SMILES string of the molecule is CC[C@]1(O)C[C@H]2CN(CCc3c([nH]c4ccccc34)[C@@](COC=O)(c3cc4c(cc3OC)N(C)[C@H]3[C@@](O)(/C(ON=N)=C(\C)c5ccc(N6C(=O)CC(SCCCC(=O)[C@H](C)NC(=O)[C@H](C)CC(C)=O)C6=O)cc5)[C@H](O)[C@]5(CC)C=CCN6CC[C@]43[C@@H]65)C2)C1. The maximum absolute atomic E-state index is 14.4. The van der Waals surface area contributed by atoms with Crippen LogP contribution in [0.2, 0.25) is 0 Å². The van der Waals surface area contributed by atoms with Gasteiger partial charge in [0, 0.05) is 120 Å². The number of hydrogen-bond donors (Lipinski definition) is 6. The third-order valence-corrected chi connectivity index (χ3v) is 22.4. The van der Waals surface area contributed by atoms with E-state index in [0.717, 1.165) is 50.4 Å². The van der Waals surface area contributed by atoms with Crippen molar-refractivity contribution < 1.29 is 58.4 Å². The highest BCUT2D eigenvalue weighted by atomic mass is 32.2. The lowest BCUT2D eigenvalue weighted by Gasteiger charge is -2.64. The number of aromatic amines is 1. The smallest absolute Gasteiger partial charge is 0.293 e. The number of nitrogens with one attached hydrogen (secondary N) is 3. The average Bonchev–Trinajstić information content (AvgIpc) is 1.44. The van der Waals surface area contributed by atoms with Gasteiger partial charge in [-0.3, -0.25) is 33.8 Å². The number of anilines is 2. The Labute approximate surface area is 518 Å². The Morgan fingerprint density at radius 2 is 1.76 bits per heavy atom. The first-order chi connectivity index (χ1) is 42.1. The largest absolute Gasteiger partial charge is 0.496 e. The number of amides is 3. The van der Waals surface area contributed by atoms with Crippen molar-refractivity contribution in [1.82, 2.24) is 20.1 Å². The quantitative estimate of drug-likeness (QED) is 0.00847. The number of imide groups is 1. The van der Waals surface area contributed by atoms with Gasteiger partial charge in [-0.05, 0) is 125 Å². The molecule has 88 heavy (non-hydrogen) atoms. The second-order valence-corrected chi connectivity index (χ2v) is 27.5. The van der Waals surface area contributed by atoms with Gasteiger partial charge in [0.25, 0.3) is 6.47 Å². The molecule has 6 aliphatic heterocycles. The minimum Gasteiger partial charge on any atom is -0.496 e. The molecule has 0 radical (unpaired) electrons. The summed E-state index contributed by atoms with van der Waals surface area (Å²) in [5, 5.41) is 46.8. The number of likely N-dealkylation sites (N-methyl/N-ethyl adjacent to an activating group) is 1. The molecule has 470 valence electrons. The van der Waals surface area contributed by atoms with E-state index in [2.05, 4.69) is 55.7 Å². The first kappa shape index (κ1) is 62.8. The number of carbonyl (C=O) groups is 6. The summed E-state index contributed by atoms with van der Waals surface area (Å²) in [6.07, 6.45) is 6.47. The standard InChI is InChI=1S/C67H84N8O12S/c1-9-63(83)33-43-34-65(37-86-38-76,56-47(22-26-73(35-43)36-63)46-15-11-12-16-50(46)70-56)49-30-48-51(31-53(49)85-8)72(7)61-66(48)24-27-74-25-14-23-64(10-2,60(66)74)62(82)67(61,84)57(87-71-68)41(5)44-18-20-45(21-19-44)75-55(79)32-54(59(75)81)88-28-13-17-52(78)42(6)69-58(80)39(3)29-40(4)77/h11-12,14-16,18-21,23,30-31,38-39,42-43,54,60-62,68,70,82-84H,9-10,13,17,22,24-29,32-37H2,1-8H3,(H,69,80)/b57-41-,71-68?/t39-,42+,43-,54?,60+,61-,62-,63+,64-,65+,66-,67+/m1/s1. The third kappa shape index (κ3) is 10.2. The number of ether oxygens (including phenoxy) is 2. The van der Waals surface area contributed by atoms with E-state index in [4.69, 9.17) is 19.8 Å². The molecular formula is C67H84N8O12S. The minimum atomic E-state index is -2.29. The molecule has 13 atom stereocenters. The van der Waals surface area contributed by atoms with Crippen molar-refractivity contribution in [2.24, 2.45) is 22.5 Å². The van der Waals surface area contributed by atoms with Crippen LogP contribution >= 0.6 is 11.8 Å². The number of Topliss-reactive ketones (excluding diaryl/α,β-unsaturated/α-hetero) is 2. The number of aliphatic hydroxyl groups excluding tert-OH is 1. The average molecular weight is 1230 g/mol. The van der Waals surface area contributed by atoms with Crippen LogP contribution in [0.15, 0.2) is 83.9 Å². The number of carbonyl (C=O) groups excluding carboxylic acids is 6. The fourth-order valence-electron chi connectivity index (χ4n) is 17.2. The molecule has 3 amide bonds. The van der Waals surface area contributed by atoms with Crippen LogP contribution in [0.5, 0.6) is 5.75 Å². The zero-order chi connectivity index (χ0) is 62.8. The molecule has 1 saturated carbocycles. The van der Waals surface area contributed by atoms with Gasteiger partial charge in [-0.2, -0.15) is 5.53 Å². The Hall–Kier alpha value is -6.75. The molecule has 1 aromatic heterocycles. The first-order valence-corrected chi connectivity index (χ1v) is 32.2. The van der Waals surface area contributed by atoms with E-state index < -0.39 is 62.7 Å². The summed E-state index contributed by atoms with van der Waals surface area (Å²) in [7, 11) is 3.55. The minimum absolute atomic E-state index is 0.0366. The Bertz CT molecular complexity index is 3500. The molecule has 6 N–H and O–H groups in total. The van der Waals surface area contributed by atoms with Gasteiger partial charge in [0.15, 0.2) is 17.1 Å². The maximum Gasteiger partial charge on any atom is 0.293 e. The van der Waals surface area contributed by atoms with Gasteiger partial charge >= 0.3 is 0 Å². The summed E-state index contributed by atoms with van der Waals surface area (Å²) in [4.78, 5) is 95.2. The van der Waals surface area contributed by atoms with E-state index in [1.165, 1.54) is 18.7 Å². The number of H-pyrrole nitrogens is 1. The van der Waals surface area contributed by atoms with Gasteiger partial charge in [-0.1, -0.05) is 63.3 Å². The lowest BCUT2D eigenvalue weighted by atomic mass is 9.47. The molecule has 4 fully saturated rings. The van der Waals surface area contributed by atoms with E-state index in [1.807, 2.05) is 44.0 Å². The fraction of sp³-hybridized carbons (Fsp3) is 0.552. The monoisotopic (exact) mass is 1220 g/mol. The molecule has 7 aliphatic rings. The summed E-state index contributed by atoms with van der Waals surface area (Å²) in [5.41, 5.74) is 8.63. The first-order valence-electron chi connectivity index (χ1n) is 31.1. The number of thioether (sulfide) groups is 1. The molecule has 1 spiro atoms. The van der Waals surface area contributed by atoms with Crippen molar-refractivity contribution in [1.29, 1.82) is 5.53 Å². The summed E-state index contributed by atoms with van der Waals surface area (Å²) in [6.45, 7) is 14.2. The van der Waals surface area contributed by atoms with Crippen molar-refractivity contribution in [2.45, 2.75) is 157 Å². The predicted molar refractivity (Wildman–Crippen MR) is 334 cm³/mol. The lowest BCUT2D eigenvalue weighted by Crippen LogP contribution is -2.79. The molecule has 2 unspecified atom stereocenters. The van der Waals surface area contributed by atoms with Crippen LogP contribution in [0.4, 0.5) is 11.4 Å². The van der Waals surface area contributed by atoms with Crippen molar-refractivity contribution in [3.8, 4) is 5.75 Å².